The molecule has 9 heteroatoms. The van der Waals surface area contributed by atoms with Gasteiger partial charge in [0.1, 0.15) is 18.2 Å². The predicted octanol–water partition coefficient (Wildman–Crippen LogP) is 7.88. The highest BCUT2D eigenvalue weighted by molar-refractivity contribution is 9.10. The van der Waals surface area contributed by atoms with Crippen molar-refractivity contribution in [3.05, 3.63) is 116 Å². The maximum atomic E-state index is 13.8. The molecular formula is C34H31BrFN3O4. The van der Waals surface area contributed by atoms with E-state index in [-0.39, 0.29) is 23.9 Å². The molecule has 1 aromatic heterocycles. The van der Waals surface area contributed by atoms with E-state index < -0.39 is 0 Å². The van der Waals surface area contributed by atoms with E-state index in [9.17, 15) is 9.18 Å². The van der Waals surface area contributed by atoms with Crippen LogP contribution in [-0.2, 0) is 6.61 Å². The van der Waals surface area contributed by atoms with Gasteiger partial charge >= 0.3 is 0 Å². The molecule has 7 nitrogen and oxygen atoms in total. The van der Waals surface area contributed by atoms with E-state index >= 15 is 0 Å². The lowest BCUT2D eigenvalue weighted by atomic mass is 9.96. The molecule has 0 amide bonds. The van der Waals surface area contributed by atoms with Gasteiger partial charge in [0.2, 0.25) is 0 Å². The van der Waals surface area contributed by atoms with E-state index in [1.165, 1.54) is 23.9 Å². The minimum Gasteiger partial charge on any atom is -0.496 e. The highest BCUT2D eigenvalue weighted by Crippen LogP contribution is 2.37. The molecule has 1 heterocycles. The molecule has 0 atom stereocenters. The number of hydrogen-bond donors (Lipinski definition) is 0. The molecule has 0 N–H and O–H groups in total. The van der Waals surface area contributed by atoms with Gasteiger partial charge in [-0.3, -0.25) is 4.79 Å². The van der Waals surface area contributed by atoms with E-state index in [1.807, 2.05) is 37.3 Å². The first kappa shape index (κ1) is 30.0. The first-order chi connectivity index (χ1) is 20.7. The molecule has 0 bridgehead atoms. The molecule has 4 aromatic carbocycles. The SMILES string of the molecule is COc1cc(C)c(-c2nc3ccccc3c(=O)n2N=Cc2cc(Br)c(OCc3cccc(F)c3)c(OC)c2)cc1C(C)C. The van der Waals surface area contributed by atoms with Gasteiger partial charge in [0.15, 0.2) is 17.3 Å². The Morgan fingerprint density at radius 3 is 2.49 bits per heavy atom. The van der Waals surface area contributed by atoms with Crippen LogP contribution in [0.5, 0.6) is 17.2 Å². The topological polar surface area (TPSA) is 74.9 Å². The lowest BCUT2D eigenvalue weighted by Crippen LogP contribution is -2.20. The highest BCUT2D eigenvalue weighted by Gasteiger charge is 2.19. The second-order valence-corrected chi connectivity index (χ2v) is 11.2. The quantitative estimate of drug-likeness (QED) is 0.153. The summed E-state index contributed by atoms with van der Waals surface area (Å²) in [6, 6.07) is 21.0. The molecule has 0 radical (unpaired) electrons. The van der Waals surface area contributed by atoms with Gasteiger partial charge in [-0.05, 0) is 99.6 Å². The second kappa shape index (κ2) is 12.8. The van der Waals surface area contributed by atoms with Gasteiger partial charge in [-0.25, -0.2) is 9.37 Å². The number of halogens is 2. The van der Waals surface area contributed by atoms with Gasteiger partial charge in [-0.1, -0.05) is 38.1 Å². The standard InChI is InChI=1S/C34H31BrFN3O4/c1-20(2)26-17-27(21(3)13-30(26)41-4)33-38-29-12-7-6-11-25(29)34(40)39(33)37-18-23-15-28(35)32(31(16-23)42-5)43-19-22-9-8-10-24(36)14-22/h6-18,20H,19H2,1-5H3. The number of hydrogen-bond acceptors (Lipinski definition) is 6. The summed E-state index contributed by atoms with van der Waals surface area (Å²) in [6.07, 6.45) is 1.58. The van der Waals surface area contributed by atoms with Gasteiger partial charge in [0.05, 0.1) is 35.8 Å². The Kier molecular flexibility index (Phi) is 8.92. The van der Waals surface area contributed by atoms with Gasteiger partial charge < -0.3 is 14.2 Å². The fourth-order valence-corrected chi connectivity index (χ4v) is 5.41. The van der Waals surface area contributed by atoms with Crippen LogP contribution in [0.2, 0.25) is 0 Å². The maximum Gasteiger partial charge on any atom is 0.282 e. The third kappa shape index (κ3) is 6.32. The Bertz CT molecular complexity index is 1900. The summed E-state index contributed by atoms with van der Waals surface area (Å²) in [5.74, 6) is 1.97. The number of aromatic nitrogens is 2. The van der Waals surface area contributed by atoms with Crippen LogP contribution in [0.25, 0.3) is 22.3 Å². The Hall–Kier alpha value is -4.50. The fourth-order valence-electron chi connectivity index (χ4n) is 4.83. The zero-order valence-corrected chi connectivity index (χ0v) is 26.1. The number of methoxy groups -OCH3 is 2. The average molecular weight is 645 g/mol. The minimum absolute atomic E-state index is 0.154. The number of para-hydroxylation sites is 1. The van der Waals surface area contributed by atoms with Gasteiger partial charge in [0, 0.05) is 5.56 Å². The van der Waals surface area contributed by atoms with Crippen molar-refractivity contribution in [2.45, 2.75) is 33.3 Å². The Balaban J connectivity index is 1.59. The van der Waals surface area contributed by atoms with Crippen LogP contribution < -0.4 is 19.8 Å². The number of ether oxygens (including phenoxy) is 3. The number of rotatable bonds is 9. The minimum atomic E-state index is -0.332. The molecule has 0 saturated carbocycles. The first-order valence-corrected chi connectivity index (χ1v) is 14.5. The molecule has 0 fully saturated rings. The Morgan fingerprint density at radius 1 is 1.00 bits per heavy atom. The van der Waals surface area contributed by atoms with Crippen LogP contribution in [-0.4, -0.2) is 30.1 Å². The third-order valence-corrected chi connectivity index (χ3v) is 7.63. The second-order valence-electron chi connectivity index (χ2n) is 10.3. The molecule has 0 aliphatic heterocycles. The molecule has 0 spiro atoms. The average Bonchev–Trinajstić information content (AvgIpc) is 2.99. The Morgan fingerprint density at radius 2 is 1.77 bits per heavy atom. The van der Waals surface area contributed by atoms with Crippen molar-refractivity contribution in [3.63, 3.8) is 0 Å². The number of benzene rings is 4. The summed E-state index contributed by atoms with van der Waals surface area (Å²) in [4.78, 5) is 18.7. The van der Waals surface area contributed by atoms with Crippen molar-refractivity contribution >= 4 is 33.0 Å². The normalized spacial score (nSPS) is 11.4. The van der Waals surface area contributed by atoms with Crippen LogP contribution in [0.4, 0.5) is 4.39 Å². The van der Waals surface area contributed by atoms with E-state index in [0.29, 0.717) is 43.8 Å². The molecule has 0 saturated heterocycles. The molecule has 0 aliphatic carbocycles. The Labute approximate surface area is 257 Å². The largest absolute Gasteiger partial charge is 0.496 e. The molecule has 5 rings (SSSR count). The molecular weight excluding hydrogens is 613 g/mol. The third-order valence-electron chi connectivity index (χ3n) is 7.04. The monoisotopic (exact) mass is 643 g/mol. The van der Waals surface area contributed by atoms with Crippen LogP contribution in [0.1, 0.15) is 42.0 Å². The summed E-state index contributed by atoms with van der Waals surface area (Å²) >= 11 is 3.56. The van der Waals surface area contributed by atoms with Gasteiger partial charge in [0.25, 0.3) is 5.56 Å². The van der Waals surface area contributed by atoms with Crippen molar-refractivity contribution < 1.29 is 18.6 Å². The van der Waals surface area contributed by atoms with Crippen molar-refractivity contribution in [2.75, 3.05) is 14.2 Å². The summed E-state index contributed by atoms with van der Waals surface area (Å²) < 4.78 is 32.8. The van der Waals surface area contributed by atoms with E-state index in [4.69, 9.17) is 19.2 Å². The predicted molar refractivity (Wildman–Crippen MR) is 171 cm³/mol. The first-order valence-electron chi connectivity index (χ1n) is 13.7. The lowest BCUT2D eigenvalue weighted by molar-refractivity contribution is 0.282. The molecule has 220 valence electrons. The van der Waals surface area contributed by atoms with E-state index in [0.717, 1.165) is 22.4 Å². The highest BCUT2D eigenvalue weighted by atomic mass is 79.9. The van der Waals surface area contributed by atoms with Gasteiger partial charge in [-0.15, -0.1) is 0 Å². The van der Waals surface area contributed by atoms with Crippen molar-refractivity contribution in [1.29, 1.82) is 0 Å². The van der Waals surface area contributed by atoms with Crippen molar-refractivity contribution in [2.24, 2.45) is 5.10 Å². The maximum absolute atomic E-state index is 13.8. The smallest absolute Gasteiger partial charge is 0.282 e. The number of nitrogens with zero attached hydrogens (tertiary/aromatic N) is 3. The molecule has 0 aliphatic rings. The van der Waals surface area contributed by atoms with E-state index in [1.54, 1.807) is 43.7 Å². The zero-order chi connectivity index (χ0) is 30.7. The lowest BCUT2D eigenvalue weighted by Gasteiger charge is -2.17. The van der Waals surface area contributed by atoms with Crippen LogP contribution in [0.3, 0.4) is 0 Å². The molecule has 43 heavy (non-hydrogen) atoms. The van der Waals surface area contributed by atoms with Crippen molar-refractivity contribution in [3.8, 4) is 28.6 Å². The number of aryl methyl sites for hydroxylation is 1. The van der Waals surface area contributed by atoms with Gasteiger partial charge in [-0.2, -0.15) is 9.78 Å². The van der Waals surface area contributed by atoms with Crippen molar-refractivity contribution in [1.82, 2.24) is 9.66 Å². The van der Waals surface area contributed by atoms with Crippen LogP contribution in [0.15, 0.2) is 87.2 Å². The summed E-state index contributed by atoms with van der Waals surface area (Å²) in [6.45, 7) is 6.29. The van der Waals surface area contributed by atoms with E-state index in [2.05, 4.69) is 34.9 Å². The molecule has 0 unspecified atom stereocenters. The molecule has 5 aromatic rings. The van der Waals surface area contributed by atoms with Crippen LogP contribution >= 0.6 is 15.9 Å². The summed E-state index contributed by atoms with van der Waals surface area (Å²) in [5, 5.41) is 5.09. The fraction of sp³-hybridized carbons (Fsp3) is 0.206. The zero-order valence-electron chi connectivity index (χ0n) is 24.5. The van der Waals surface area contributed by atoms with Crippen LogP contribution in [0, 0.1) is 12.7 Å². The summed E-state index contributed by atoms with van der Waals surface area (Å²) in [7, 11) is 3.19. The summed E-state index contributed by atoms with van der Waals surface area (Å²) in [5.41, 5.74) is 4.31. The number of fused-ring (bicyclic) bond motifs is 1.